The summed E-state index contributed by atoms with van der Waals surface area (Å²) in [5.41, 5.74) is 0.245. The van der Waals surface area contributed by atoms with Gasteiger partial charge in [0.25, 0.3) is 0 Å². The van der Waals surface area contributed by atoms with Gasteiger partial charge in [0.1, 0.15) is 11.6 Å². The zero-order valence-electron chi connectivity index (χ0n) is 21.5. The Hall–Kier alpha value is -2.73. The molecule has 0 radical (unpaired) electrons. The van der Waals surface area contributed by atoms with Gasteiger partial charge in [0, 0.05) is 13.0 Å². The van der Waals surface area contributed by atoms with Crippen molar-refractivity contribution in [1.29, 1.82) is 0 Å². The van der Waals surface area contributed by atoms with Crippen molar-refractivity contribution in [2.24, 2.45) is 0 Å². The third-order valence-corrected chi connectivity index (χ3v) is 4.41. The molecule has 3 N–H and O–H groups in total. The molecule has 0 unspecified atom stereocenters. The number of carboxylic acid groups (broad SMARTS) is 1. The van der Waals surface area contributed by atoms with Crippen molar-refractivity contribution in [3.05, 3.63) is 35.9 Å². The Kier molecular flexibility index (Phi) is 16.1. The topological polar surface area (TPSA) is 142 Å². The molecule has 11 nitrogen and oxygen atoms in total. The normalized spacial score (nSPS) is 12.1. The van der Waals surface area contributed by atoms with E-state index in [1.54, 1.807) is 20.8 Å². The molecule has 0 spiro atoms. The maximum Gasteiger partial charge on any atom is 0.408 e. The summed E-state index contributed by atoms with van der Waals surface area (Å²) in [7, 11) is 0. The number of carbonyl (C=O) groups excluding carboxylic acids is 2. The average Bonchev–Trinajstić information content (AvgIpc) is 2.80. The predicted octanol–water partition coefficient (Wildman–Crippen LogP) is 1.78. The number of rotatable bonds is 19. The molecule has 0 aromatic heterocycles. The minimum Gasteiger partial charge on any atom is -0.481 e. The minimum atomic E-state index is -0.892. The van der Waals surface area contributed by atoms with Gasteiger partial charge in [-0.2, -0.15) is 0 Å². The summed E-state index contributed by atoms with van der Waals surface area (Å²) in [4.78, 5) is 35.2. The molecule has 204 valence electrons. The highest BCUT2D eigenvalue weighted by atomic mass is 16.6. The number of alkyl carbamates (subject to hydrolysis) is 1. The molecule has 0 saturated heterocycles. The van der Waals surface area contributed by atoms with Gasteiger partial charge in [-0.25, -0.2) is 4.79 Å². The van der Waals surface area contributed by atoms with Crippen LogP contribution in [0.4, 0.5) is 4.79 Å². The lowest BCUT2D eigenvalue weighted by Crippen LogP contribution is -2.49. The molecule has 36 heavy (non-hydrogen) atoms. The summed E-state index contributed by atoms with van der Waals surface area (Å²) in [6.45, 7) is 8.25. The Balaban J connectivity index is 2.16. The van der Waals surface area contributed by atoms with Crippen LogP contribution in [0.15, 0.2) is 30.3 Å². The zero-order chi connectivity index (χ0) is 26.7. The molecule has 1 aromatic carbocycles. The third kappa shape index (κ3) is 17.7. The molecule has 0 saturated carbocycles. The highest BCUT2D eigenvalue weighted by Crippen LogP contribution is 2.08. The maximum atomic E-state index is 12.7. The van der Waals surface area contributed by atoms with Crippen LogP contribution in [0.25, 0.3) is 0 Å². The Labute approximate surface area is 212 Å². The Morgan fingerprint density at radius 2 is 1.36 bits per heavy atom. The molecule has 0 bridgehead atoms. The van der Waals surface area contributed by atoms with E-state index in [0.29, 0.717) is 52.7 Å². The second kappa shape index (κ2) is 18.5. The van der Waals surface area contributed by atoms with Crippen LogP contribution in [0.3, 0.4) is 0 Å². The lowest BCUT2D eigenvalue weighted by Gasteiger charge is -2.23. The van der Waals surface area contributed by atoms with Gasteiger partial charge < -0.3 is 39.4 Å². The highest BCUT2D eigenvalue weighted by molar-refractivity contribution is 5.86. The van der Waals surface area contributed by atoms with E-state index in [1.165, 1.54) is 0 Å². The van der Waals surface area contributed by atoms with Crippen LogP contribution in [0.1, 0.15) is 32.8 Å². The molecule has 0 aliphatic heterocycles. The second-order valence-electron chi connectivity index (χ2n) is 8.77. The predicted molar refractivity (Wildman–Crippen MR) is 132 cm³/mol. The average molecular weight is 513 g/mol. The summed E-state index contributed by atoms with van der Waals surface area (Å²) in [6, 6.07) is 8.63. The van der Waals surface area contributed by atoms with Gasteiger partial charge in [0.2, 0.25) is 5.91 Å². The lowest BCUT2D eigenvalue weighted by atomic mass is 10.1. The van der Waals surface area contributed by atoms with Crippen LogP contribution in [0, 0.1) is 0 Å². The molecule has 0 aliphatic carbocycles. The number of benzene rings is 1. The van der Waals surface area contributed by atoms with Gasteiger partial charge in [-0.1, -0.05) is 30.3 Å². The van der Waals surface area contributed by atoms with Crippen LogP contribution >= 0.6 is 0 Å². The van der Waals surface area contributed by atoms with Crippen LogP contribution < -0.4 is 10.6 Å². The monoisotopic (exact) mass is 512 g/mol. The Morgan fingerprint density at radius 3 is 1.89 bits per heavy atom. The molecule has 0 aliphatic rings. The first kappa shape index (κ1) is 31.3. The first-order valence-corrected chi connectivity index (χ1v) is 12.0. The van der Waals surface area contributed by atoms with Crippen LogP contribution in [0.2, 0.25) is 0 Å². The summed E-state index contributed by atoms with van der Waals surface area (Å²) in [5.74, 6) is -1.22. The Morgan fingerprint density at radius 1 is 0.833 bits per heavy atom. The molecule has 0 fully saturated rings. The van der Waals surface area contributed by atoms with E-state index in [9.17, 15) is 14.4 Å². The van der Waals surface area contributed by atoms with Crippen molar-refractivity contribution in [1.82, 2.24) is 10.6 Å². The quantitative estimate of drug-likeness (QED) is 0.236. The van der Waals surface area contributed by atoms with E-state index < -0.39 is 23.7 Å². The largest absolute Gasteiger partial charge is 0.481 e. The summed E-state index contributed by atoms with van der Waals surface area (Å²) in [5, 5.41) is 13.9. The van der Waals surface area contributed by atoms with Gasteiger partial charge in [0.05, 0.1) is 59.3 Å². The van der Waals surface area contributed by atoms with Crippen molar-refractivity contribution >= 4 is 18.0 Å². The number of nitrogens with one attached hydrogen (secondary N) is 2. The standard InChI is InChI=1S/C25H40N2O9/c1-25(2,3)36-24(31)27-21(19-20-7-5-4-6-8-20)23(30)26-10-12-33-14-16-35-18-17-34-15-13-32-11-9-22(28)29/h4-8,21H,9-19H2,1-3H3,(H,26,30)(H,27,31)(H,28,29)/t21-/m0/s1. The van der Waals surface area contributed by atoms with E-state index in [0.717, 1.165) is 5.56 Å². The van der Waals surface area contributed by atoms with Gasteiger partial charge in [0.15, 0.2) is 0 Å². The summed E-state index contributed by atoms with van der Waals surface area (Å²) < 4.78 is 26.5. The van der Waals surface area contributed by atoms with E-state index >= 15 is 0 Å². The molecule has 1 aromatic rings. The van der Waals surface area contributed by atoms with E-state index in [1.807, 2.05) is 30.3 Å². The molecule has 2 amide bonds. The first-order valence-electron chi connectivity index (χ1n) is 12.0. The van der Waals surface area contributed by atoms with Crippen LogP contribution in [-0.2, 0) is 39.7 Å². The van der Waals surface area contributed by atoms with Gasteiger partial charge in [-0.05, 0) is 26.3 Å². The minimum absolute atomic E-state index is 0.0238. The van der Waals surface area contributed by atoms with Crippen LogP contribution in [-0.4, -0.2) is 94.1 Å². The van der Waals surface area contributed by atoms with Gasteiger partial charge in [-0.3, -0.25) is 9.59 Å². The smallest absolute Gasteiger partial charge is 0.408 e. The van der Waals surface area contributed by atoms with Crippen molar-refractivity contribution in [2.75, 3.05) is 59.4 Å². The zero-order valence-corrected chi connectivity index (χ0v) is 21.5. The van der Waals surface area contributed by atoms with Crippen molar-refractivity contribution < 1.29 is 43.2 Å². The van der Waals surface area contributed by atoms with Gasteiger partial charge in [-0.15, -0.1) is 0 Å². The van der Waals surface area contributed by atoms with Gasteiger partial charge >= 0.3 is 12.1 Å². The van der Waals surface area contributed by atoms with E-state index in [-0.39, 0.29) is 25.5 Å². The number of hydrogen-bond acceptors (Lipinski definition) is 8. The SMILES string of the molecule is CC(C)(C)OC(=O)N[C@@H](Cc1ccccc1)C(=O)NCCOCCOCCOCCOCCC(=O)O. The van der Waals surface area contributed by atoms with Crippen molar-refractivity contribution in [3.8, 4) is 0 Å². The number of ether oxygens (including phenoxy) is 5. The summed E-state index contributed by atoms with van der Waals surface area (Å²) in [6.07, 6.45) is -0.345. The number of carbonyl (C=O) groups is 3. The number of carboxylic acids is 1. The molecular formula is C25H40N2O9. The first-order chi connectivity index (χ1) is 17.2. The number of aliphatic carboxylic acids is 1. The van der Waals surface area contributed by atoms with Crippen molar-refractivity contribution in [2.45, 2.75) is 45.3 Å². The van der Waals surface area contributed by atoms with Crippen LogP contribution in [0.5, 0.6) is 0 Å². The van der Waals surface area contributed by atoms with E-state index in [2.05, 4.69) is 10.6 Å². The lowest BCUT2D eigenvalue weighted by molar-refractivity contribution is -0.138. The fourth-order valence-corrected chi connectivity index (χ4v) is 2.80. The maximum absolute atomic E-state index is 12.7. The molecule has 1 rings (SSSR count). The number of hydrogen-bond donors (Lipinski definition) is 3. The fourth-order valence-electron chi connectivity index (χ4n) is 2.80. The summed E-state index contributed by atoms with van der Waals surface area (Å²) >= 11 is 0. The molecule has 1 atom stereocenters. The Bertz CT molecular complexity index is 754. The molecular weight excluding hydrogens is 472 g/mol. The van der Waals surface area contributed by atoms with E-state index in [4.69, 9.17) is 28.8 Å². The van der Waals surface area contributed by atoms with Crippen molar-refractivity contribution in [3.63, 3.8) is 0 Å². The second-order valence-corrected chi connectivity index (χ2v) is 8.77. The molecule has 11 heteroatoms. The molecule has 0 heterocycles. The fraction of sp³-hybridized carbons (Fsp3) is 0.640. The highest BCUT2D eigenvalue weighted by Gasteiger charge is 2.24. The number of amides is 2. The third-order valence-electron chi connectivity index (χ3n) is 4.41.